The van der Waals surface area contributed by atoms with Crippen molar-refractivity contribution in [2.45, 2.75) is 19.3 Å². The summed E-state index contributed by atoms with van der Waals surface area (Å²) in [5.74, 6) is 0. The Balaban J connectivity index is 1.90. The van der Waals surface area contributed by atoms with Gasteiger partial charge in [-0.05, 0) is 22.4 Å². The van der Waals surface area contributed by atoms with Crippen LogP contribution in [0.3, 0.4) is 0 Å². The highest BCUT2D eigenvalue weighted by atomic mass is 32.1. The molecule has 1 aliphatic heterocycles. The Morgan fingerprint density at radius 1 is 1.62 bits per heavy atom. The van der Waals surface area contributed by atoms with E-state index < -0.39 is 0 Å². The fourth-order valence-electron chi connectivity index (χ4n) is 1.91. The van der Waals surface area contributed by atoms with Crippen molar-refractivity contribution in [2.24, 2.45) is 0 Å². The van der Waals surface area contributed by atoms with Crippen molar-refractivity contribution in [1.82, 2.24) is 9.55 Å². The van der Waals surface area contributed by atoms with E-state index in [4.69, 9.17) is 4.74 Å². The third-order valence-corrected chi connectivity index (χ3v) is 3.49. The molecule has 1 aliphatic rings. The predicted octanol–water partition coefficient (Wildman–Crippen LogP) is 2.03. The van der Waals surface area contributed by atoms with Crippen LogP contribution < -0.4 is 0 Å². The summed E-state index contributed by atoms with van der Waals surface area (Å²) in [6.45, 7) is 1.18. The molecule has 0 unspecified atom stereocenters. The fourth-order valence-corrected chi connectivity index (χ4v) is 2.61. The molecule has 1 atom stereocenters. The minimum Gasteiger partial charge on any atom is -0.365 e. The number of carbonyl (C=O) groups is 1. The third-order valence-electron chi connectivity index (χ3n) is 2.79. The van der Waals surface area contributed by atoms with E-state index in [-0.39, 0.29) is 6.10 Å². The molecule has 0 bridgehead atoms. The molecule has 82 valence electrons. The number of imidazole rings is 1. The molecule has 16 heavy (non-hydrogen) atoms. The lowest BCUT2D eigenvalue weighted by Crippen LogP contribution is -2.20. The molecular formula is C11H10N2O2S. The van der Waals surface area contributed by atoms with E-state index >= 15 is 0 Å². The van der Waals surface area contributed by atoms with Crippen molar-refractivity contribution in [2.75, 3.05) is 0 Å². The summed E-state index contributed by atoms with van der Waals surface area (Å²) in [5.41, 5.74) is 2.56. The number of rotatable bonds is 2. The molecule has 5 heteroatoms. The van der Waals surface area contributed by atoms with E-state index in [0.717, 1.165) is 18.5 Å². The lowest BCUT2D eigenvalue weighted by Gasteiger charge is -2.24. The number of carbonyl (C=O) groups excluding carboxylic acids is 1. The van der Waals surface area contributed by atoms with Gasteiger partial charge in [0.1, 0.15) is 11.8 Å². The zero-order valence-corrected chi connectivity index (χ0v) is 9.31. The Morgan fingerprint density at radius 3 is 3.31 bits per heavy atom. The number of thiophene rings is 1. The highest BCUT2D eigenvalue weighted by molar-refractivity contribution is 7.07. The number of nitrogens with zero attached hydrogens (tertiary/aromatic N) is 2. The summed E-state index contributed by atoms with van der Waals surface area (Å²) in [5, 5.41) is 4.13. The van der Waals surface area contributed by atoms with Crippen molar-refractivity contribution < 1.29 is 9.53 Å². The van der Waals surface area contributed by atoms with Gasteiger partial charge in [0.15, 0.2) is 6.29 Å². The number of ether oxygens (including phenoxy) is 1. The van der Waals surface area contributed by atoms with Crippen LogP contribution >= 0.6 is 11.3 Å². The van der Waals surface area contributed by atoms with E-state index in [9.17, 15) is 4.79 Å². The molecule has 2 aromatic heterocycles. The molecule has 0 radical (unpaired) electrons. The second-order valence-electron chi connectivity index (χ2n) is 3.70. The van der Waals surface area contributed by atoms with Gasteiger partial charge in [-0.15, -0.1) is 0 Å². The Kier molecular flexibility index (Phi) is 2.34. The van der Waals surface area contributed by atoms with E-state index in [1.807, 2.05) is 9.95 Å². The molecule has 2 aromatic rings. The number of aldehydes is 1. The minimum absolute atomic E-state index is 0.0763. The lowest BCUT2D eigenvalue weighted by molar-refractivity contribution is 0.00300. The van der Waals surface area contributed by atoms with Crippen molar-refractivity contribution in [1.29, 1.82) is 0 Å². The first-order chi connectivity index (χ1) is 7.88. The standard InChI is InChI=1S/C11H10N2O2S/c14-4-9-10-5-15-11(3-13(10)7-12-9)8-1-2-16-6-8/h1-2,4,6-7,11H,3,5H2/t11-/m0/s1. The molecule has 0 fully saturated rings. The summed E-state index contributed by atoms with van der Waals surface area (Å²) in [7, 11) is 0. The SMILES string of the molecule is O=Cc1ncn2c1CO[C@H](c1ccsc1)C2. The van der Waals surface area contributed by atoms with Gasteiger partial charge in [-0.2, -0.15) is 11.3 Å². The summed E-state index contributed by atoms with van der Waals surface area (Å²) in [6.07, 6.45) is 2.56. The van der Waals surface area contributed by atoms with Crippen molar-refractivity contribution in [3.63, 3.8) is 0 Å². The van der Waals surface area contributed by atoms with Gasteiger partial charge in [-0.3, -0.25) is 4.79 Å². The van der Waals surface area contributed by atoms with Crippen LogP contribution in [-0.4, -0.2) is 15.8 Å². The number of hydrogen-bond acceptors (Lipinski definition) is 4. The largest absolute Gasteiger partial charge is 0.365 e. The molecular weight excluding hydrogens is 224 g/mol. The van der Waals surface area contributed by atoms with E-state index in [0.29, 0.717) is 12.3 Å². The maximum absolute atomic E-state index is 10.7. The van der Waals surface area contributed by atoms with Crippen molar-refractivity contribution in [3.05, 3.63) is 40.1 Å². The Labute approximate surface area is 96.5 Å². The topological polar surface area (TPSA) is 44.1 Å². The van der Waals surface area contributed by atoms with Crippen LogP contribution in [0.15, 0.2) is 23.2 Å². The second kappa shape index (κ2) is 3.84. The molecule has 0 spiro atoms. The number of aromatic nitrogens is 2. The maximum Gasteiger partial charge on any atom is 0.170 e. The first-order valence-electron chi connectivity index (χ1n) is 5.01. The van der Waals surface area contributed by atoms with Crippen LogP contribution in [0.1, 0.15) is 27.8 Å². The number of fused-ring (bicyclic) bond motifs is 1. The Bertz CT molecular complexity index is 504. The van der Waals surface area contributed by atoms with E-state index in [1.165, 1.54) is 5.56 Å². The van der Waals surface area contributed by atoms with Gasteiger partial charge in [-0.25, -0.2) is 4.98 Å². The highest BCUT2D eigenvalue weighted by Gasteiger charge is 2.23. The average Bonchev–Trinajstić information content (AvgIpc) is 2.97. The monoisotopic (exact) mass is 234 g/mol. The zero-order valence-electron chi connectivity index (χ0n) is 8.50. The number of hydrogen-bond donors (Lipinski definition) is 0. The normalized spacial score (nSPS) is 19.4. The van der Waals surface area contributed by atoms with Gasteiger partial charge < -0.3 is 9.30 Å². The van der Waals surface area contributed by atoms with Gasteiger partial charge in [0.25, 0.3) is 0 Å². The van der Waals surface area contributed by atoms with Crippen molar-refractivity contribution >= 4 is 17.6 Å². The predicted molar refractivity (Wildman–Crippen MR) is 59.5 cm³/mol. The van der Waals surface area contributed by atoms with Crippen LogP contribution in [0.25, 0.3) is 0 Å². The molecule has 3 heterocycles. The van der Waals surface area contributed by atoms with Gasteiger partial charge in [-0.1, -0.05) is 0 Å². The van der Waals surface area contributed by atoms with Crippen LogP contribution in [0.4, 0.5) is 0 Å². The highest BCUT2D eigenvalue weighted by Crippen LogP contribution is 2.28. The van der Waals surface area contributed by atoms with E-state index in [1.54, 1.807) is 17.7 Å². The van der Waals surface area contributed by atoms with Crippen LogP contribution in [-0.2, 0) is 17.9 Å². The smallest absolute Gasteiger partial charge is 0.170 e. The van der Waals surface area contributed by atoms with Crippen LogP contribution in [0.5, 0.6) is 0 Å². The summed E-state index contributed by atoms with van der Waals surface area (Å²) >= 11 is 1.66. The molecule has 0 N–H and O–H groups in total. The molecule has 0 aliphatic carbocycles. The van der Waals surface area contributed by atoms with Crippen LogP contribution in [0, 0.1) is 0 Å². The third kappa shape index (κ3) is 1.48. The molecule has 3 rings (SSSR count). The molecule has 0 saturated heterocycles. The molecule has 0 aromatic carbocycles. The quantitative estimate of drug-likeness (QED) is 0.747. The summed E-state index contributed by atoms with van der Waals surface area (Å²) in [6, 6.07) is 2.07. The van der Waals surface area contributed by atoms with Gasteiger partial charge >= 0.3 is 0 Å². The Hall–Kier alpha value is -1.46. The molecule has 0 saturated carbocycles. The van der Waals surface area contributed by atoms with Gasteiger partial charge in [0.2, 0.25) is 0 Å². The lowest BCUT2D eigenvalue weighted by atomic mass is 10.1. The van der Waals surface area contributed by atoms with Crippen molar-refractivity contribution in [3.8, 4) is 0 Å². The van der Waals surface area contributed by atoms with Gasteiger partial charge in [0.05, 0.1) is 25.2 Å². The summed E-state index contributed by atoms with van der Waals surface area (Å²) < 4.78 is 7.73. The first-order valence-corrected chi connectivity index (χ1v) is 5.95. The Morgan fingerprint density at radius 2 is 2.56 bits per heavy atom. The maximum atomic E-state index is 10.7. The molecule has 4 nitrogen and oxygen atoms in total. The summed E-state index contributed by atoms with van der Waals surface area (Å²) in [4.78, 5) is 14.8. The zero-order chi connectivity index (χ0) is 11.0. The second-order valence-corrected chi connectivity index (χ2v) is 4.48. The van der Waals surface area contributed by atoms with Crippen LogP contribution in [0.2, 0.25) is 0 Å². The average molecular weight is 234 g/mol. The fraction of sp³-hybridized carbons (Fsp3) is 0.273. The van der Waals surface area contributed by atoms with E-state index in [2.05, 4.69) is 16.4 Å². The van der Waals surface area contributed by atoms with Gasteiger partial charge in [0, 0.05) is 0 Å². The minimum atomic E-state index is 0.0763. The first kappa shape index (κ1) is 9.74. The molecule has 0 amide bonds.